The first-order chi connectivity index (χ1) is 25.0. The van der Waals surface area contributed by atoms with E-state index in [1.807, 2.05) is 23.4 Å². The zero-order chi connectivity index (χ0) is 36.7. The van der Waals surface area contributed by atoms with Gasteiger partial charge in [0.15, 0.2) is 0 Å². The van der Waals surface area contributed by atoms with Crippen LogP contribution in [0.1, 0.15) is 116 Å². The monoisotopic (exact) mass is 709 g/mol. The summed E-state index contributed by atoms with van der Waals surface area (Å²) in [5.74, 6) is 2.26. The molecule has 2 aromatic heterocycles. The van der Waals surface area contributed by atoms with E-state index >= 15 is 0 Å². The van der Waals surface area contributed by atoms with Gasteiger partial charge in [0.05, 0.1) is 18.8 Å². The zero-order valence-electron chi connectivity index (χ0n) is 32.3. The molecule has 9 heteroatoms. The van der Waals surface area contributed by atoms with Gasteiger partial charge in [-0.15, -0.1) is 0 Å². The lowest BCUT2D eigenvalue weighted by Gasteiger charge is -2.55. The Hall–Kier alpha value is -3.88. The van der Waals surface area contributed by atoms with Crippen molar-refractivity contribution in [3.8, 4) is 16.9 Å². The number of ether oxygens (including phenoxy) is 2. The number of nitrogens with zero attached hydrogens (tertiary/aromatic N) is 5. The zero-order valence-corrected chi connectivity index (χ0v) is 32.3. The van der Waals surface area contributed by atoms with Crippen LogP contribution >= 0.6 is 0 Å². The molecule has 1 aliphatic heterocycles. The second kappa shape index (κ2) is 14.5. The molecule has 4 aliphatic carbocycles. The quantitative estimate of drug-likeness (QED) is 0.197. The number of hydrogen-bond acceptors (Lipinski definition) is 6. The van der Waals surface area contributed by atoms with Crippen LogP contribution in [0.5, 0.6) is 5.75 Å². The molecule has 0 spiro atoms. The fraction of sp³-hybridized carbons (Fsp3) is 0.628. The third-order valence-corrected chi connectivity index (χ3v) is 13.8. The molecular formula is C43H59N5O4. The minimum Gasteiger partial charge on any atom is -0.496 e. The second-order valence-electron chi connectivity index (χ2n) is 17.0. The molecule has 2 amide bonds. The Morgan fingerprint density at radius 3 is 2.27 bits per heavy atom. The molecule has 1 aromatic carbocycles. The summed E-state index contributed by atoms with van der Waals surface area (Å²) in [6.45, 7) is 13.2. The third-order valence-electron chi connectivity index (χ3n) is 13.8. The lowest BCUT2D eigenvalue weighted by Crippen LogP contribution is -2.52. The van der Waals surface area contributed by atoms with Gasteiger partial charge in [-0.1, -0.05) is 32.9 Å². The predicted octanol–water partition coefficient (Wildman–Crippen LogP) is 9.07. The van der Waals surface area contributed by atoms with Gasteiger partial charge < -0.3 is 14.4 Å². The lowest BCUT2D eigenvalue weighted by molar-refractivity contribution is -0.124. The van der Waals surface area contributed by atoms with E-state index in [4.69, 9.17) is 19.6 Å². The van der Waals surface area contributed by atoms with E-state index in [1.165, 1.54) is 11.1 Å². The highest BCUT2D eigenvalue weighted by Crippen LogP contribution is 2.58. The number of carbonyl (C=O) groups is 2. The van der Waals surface area contributed by atoms with Crippen molar-refractivity contribution in [2.75, 3.05) is 31.6 Å². The van der Waals surface area contributed by atoms with Crippen LogP contribution in [0.25, 0.3) is 11.1 Å². The van der Waals surface area contributed by atoms with Crippen molar-refractivity contribution in [1.82, 2.24) is 19.7 Å². The Morgan fingerprint density at radius 2 is 1.65 bits per heavy atom. The molecule has 1 saturated heterocycles. The van der Waals surface area contributed by atoms with Gasteiger partial charge in [-0.3, -0.25) is 14.4 Å². The van der Waals surface area contributed by atoms with E-state index < -0.39 is 0 Å². The van der Waals surface area contributed by atoms with E-state index in [0.717, 1.165) is 100.0 Å². The molecule has 52 heavy (non-hydrogen) atoms. The van der Waals surface area contributed by atoms with Gasteiger partial charge in [-0.2, -0.15) is 5.10 Å². The smallest absolute Gasteiger partial charge is 0.410 e. The van der Waals surface area contributed by atoms with Crippen molar-refractivity contribution in [2.45, 2.75) is 129 Å². The van der Waals surface area contributed by atoms with Crippen LogP contribution < -0.4 is 9.64 Å². The minimum atomic E-state index is -0.202. The van der Waals surface area contributed by atoms with E-state index in [9.17, 15) is 9.59 Å². The Morgan fingerprint density at radius 1 is 0.962 bits per heavy atom. The summed E-state index contributed by atoms with van der Waals surface area (Å²) in [6, 6.07) is 10.9. The number of methoxy groups -OCH3 is 1. The van der Waals surface area contributed by atoms with Gasteiger partial charge >= 0.3 is 6.09 Å². The summed E-state index contributed by atoms with van der Waals surface area (Å²) in [5.41, 5.74) is 4.91. The Labute approximate surface area is 310 Å². The van der Waals surface area contributed by atoms with E-state index in [0.29, 0.717) is 25.3 Å². The predicted molar refractivity (Wildman–Crippen MR) is 205 cm³/mol. The first-order valence-corrected chi connectivity index (χ1v) is 19.9. The lowest BCUT2D eigenvalue weighted by atomic mass is 9.51. The molecule has 0 N–H and O–H groups in total. The van der Waals surface area contributed by atoms with Crippen molar-refractivity contribution >= 4 is 17.8 Å². The number of carbonyl (C=O) groups excluding carboxylic acids is 2. The number of rotatable bonds is 11. The molecule has 8 rings (SSSR count). The van der Waals surface area contributed by atoms with Crippen molar-refractivity contribution in [2.24, 2.45) is 17.3 Å². The summed E-state index contributed by atoms with van der Waals surface area (Å²) in [7, 11) is 1.74. The van der Waals surface area contributed by atoms with E-state index in [1.54, 1.807) is 12.0 Å². The maximum absolute atomic E-state index is 14.8. The summed E-state index contributed by atoms with van der Waals surface area (Å²) in [5, 5.41) is 4.78. The number of likely N-dealkylation sites (tertiary alicyclic amines) is 1. The van der Waals surface area contributed by atoms with Gasteiger partial charge in [0, 0.05) is 43.5 Å². The second-order valence-corrected chi connectivity index (χ2v) is 17.0. The van der Waals surface area contributed by atoms with E-state index in [2.05, 4.69) is 69.8 Å². The summed E-state index contributed by atoms with van der Waals surface area (Å²) in [6.07, 6.45) is 17.2. The average molecular weight is 710 g/mol. The van der Waals surface area contributed by atoms with Gasteiger partial charge in [-0.25, -0.2) is 9.78 Å². The molecule has 3 aromatic rings. The third kappa shape index (κ3) is 6.96. The van der Waals surface area contributed by atoms with Gasteiger partial charge in [0.1, 0.15) is 17.7 Å². The standard InChI is InChI=1S/C43H59N5O4/c1-7-41(5,8-2)48-28-34(25-45-48)33-15-22-44-38(24-33)47(39(49)32-9-12-36(13-10-32)52-40(50)46-26-30(3)27-46)29-42-16-19-43(20-17-42,21-18-42)35-11-14-37(51-6)31(4)23-35/h11,14-15,22-25,28,30,32,36H,7-10,12-13,16-21,26-27,29H2,1-6H3. The number of hydrogen-bond donors (Lipinski definition) is 0. The Kier molecular flexibility index (Phi) is 10.2. The maximum Gasteiger partial charge on any atom is 0.410 e. The summed E-state index contributed by atoms with van der Waals surface area (Å²) >= 11 is 0. The molecule has 0 unspecified atom stereocenters. The molecular weight excluding hydrogens is 651 g/mol. The van der Waals surface area contributed by atoms with Gasteiger partial charge in [0.25, 0.3) is 0 Å². The normalized spacial score (nSPS) is 26.2. The number of aromatic nitrogens is 3. The van der Waals surface area contributed by atoms with Gasteiger partial charge in [0.2, 0.25) is 5.91 Å². The number of anilines is 1. The van der Waals surface area contributed by atoms with Crippen LogP contribution in [0.15, 0.2) is 48.9 Å². The van der Waals surface area contributed by atoms with E-state index in [-0.39, 0.29) is 40.4 Å². The number of amides is 2. The molecule has 9 nitrogen and oxygen atoms in total. The maximum atomic E-state index is 14.8. The topological polar surface area (TPSA) is 89.8 Å². The molecule has 5 fully saturated rings. The fourth-order valence-corrected chi connectivity index (χ4v) is 9.55. The largest absolute Gasteiger partial charge is 0.496 e. The van der Waals surface area contributed by atoms with Crippen molar-refractivity contribution in [3.63, 3.8) is 0 Å². The Balaban J connectivity index is 1.11. The highest BCUT2D eigenvalue weighted by Gasteiger charge is 2.51. The molecule has 4 saturated carbocycles. The number of pyridine rings is 1. The summed E-state index contributed by atoms with van der Waals surface area (Å²) in [4.78, 5) is 36.1. The van der Waals surface area contributed by atoms with Crippen LogP contribution in [0, 0.1) is 24.2 Å². The SMILES string of the molecule is CCC(C)(CC)n1cc(-c2ccnc(N(CC34CCC(c5ccc(OC)c(C)c5)(CC3)CC4)C(=O)C3CCC(OC(=O)N4CC(C)C4)CC3)c2)cn1. The molecule has 0 radical (unpaired) electrons. The molecule has 3 heterocycles. The molecule has 0 atom stereocenters. The average Bonchev–Trinajstić information content (AvgIpc) is 3.68. The first-order valence-electron chi connectivity index (χ1n) is 19.9. The summed E-state index contributed by atoms with van der Waals surface area (Å²) < 4.78 is 13.6. The molecule has 5 aliphatic rings. The highest BCUT2D eigenvalue weighted by atomic mass is 16.6. The van der Waals surface area contributed by atoms with Gasteiger partial charge in [-0.05, 0) is 143 Å². The van der Waals surface area contributed by atoms with Crippen molar-refractivity contribution in [1.29, 1.82) is 0 Å². The van der Waals surface area contributed by atoms with Crippen LogP contribution in [-0.4, -0.2) is 64.5 Å². The number of aryl methyl sites for hydroxylation is 1. The number of fused-ring (bicyclic) bond motifs is 3. The van der Waals surface area contributed by atoms with Crippen molar-refractivity contribution < 1.29 is 19.1 Å². The van der Waals surface area contributed by atoms with Crippen LogP contribution in [0.2, 0.25) is 0 Å². The molecule has 280 valence electrons. The number of benzene rings is 1. The van der Waals surface area contributed by atoms with Crippen LogP contribution in [-0.2, 0) is 20.5 Å². The highest BCUT2D eigenvalue weighted by molar-refractivity contribution is 5.95. The van der Waals surface area contributed by atoms with Crippen LogP contribution in [0.3, 0.4) is 0 Å². The van der Waals surface area contributed by atoms with Crippen LogP contribution in [0.4, 0.5) is 10.6 Å². The minimum absolute atomic E-state index is 0.0438. The van der Waals surface area contributed by atoms with Crippen molar-refractivity contribution in [3.05, 3.63) is 60.0 Å². The molecule has 2 bridgehead atoms. The fourth-order valence-electron chi connectivity index (χ4n) is 9.55. The first kappa shape index (κ1) is 36.5. The Bertz CT molecular complexity index is 1720.